The summed E-state index contributed by atoms with van der Waals surface area (Å²) in [5, 5.41) is 0.516. The molecule has 2 aliphatic heterocycles. The van der Waals surface area contributed by atoms with Crippen molar-refractivity contribution in [2.75, 3.05) is 42.2 Å². The number of nitrogens with zero attached hydrogens (tertiary/aromatic N) is 3. The molecule has 1 aromatic carbocycles. The van der Waals surface area contributed by atoms with Gasteiger partial charge in [0.1, 0.15) is 10.9 Å². The van der Waals surface area contributed by atoms with Crippen LogP contribution in [0, 0.1) is 5.82 Å². The van der Waals surface area contributed by atoms with Gasteiger partial charge in [0, 0.05) is 19.3 Å². The number of halogens is 1. The van der Waals surface area contributed by atoms with Gasteiger partial charge in [0.05, 0.1) is 35.3 Å². The molecule has 2 N–H and O–H groups in total. The number of carbonyl (C=O) groups excluding carboxylic acids is 2. The standard InChI is InChI=1S/C15H17FN4O4S/c1-18-13-8-19(4-5-25(13)23)11-3-2-9(6-10(11)16)20-7-12(14(17)21)24-15(20)22/h2-3,6,12H,4-5,7-8H2,1H3,(H2,17,21)/t12-,25?/m1/s1. The Morgan fingerprint density at radius 2 is 2.24 bits per heavy atom. The lowest BCUT2D eigenvalue weighted by Gasteiger charge is -2.29. The van der Waals surface area contributed by atoms with Crippen molar-refractivity contribution in [2.24, 2.45) is 10.7 Å². The van der Waals surface area contributed by atoms with Crippen LogP contribution in [-0.4, -0.2) is 59.8 Å². The highest BCUT2D eigenvalue weighted by Gasteiger charge is 2.36. The number of hydrogen-bond donors (Lipinski definition) is 1. The third-order valence-corrected chi connectivity index (χ3v) is 5.49. The molecule has 0 aromatic heterocycles. The quantitative estimate of drug-likeness (QED) is 0.822. The van der Waals surface area contributed by atoms with E-state index in [1.54, 1.807) is 18.0 Å². The Kier molecular flexibility index (Phi) is 4.71. The van der Waals surface area contributed by atoms with Gasteiger partial charge < -0.3 is 15.4 Å². The summed E-state index contributed by atoms with van der Waals surface area (Å²) >= 11 is 0. The van der Waals surface area contributed by atoms with Gasteiger partial charge in [0.25, 0.3) is 5.91 Å². The van der Waals surface area contributed by atoms with Crippen LogP contribution in [0.5, 0.6) is 0 Å². The Bertz CT molecular complexity index is 785. The van der Waals surface area contributed by atoms with E-state index in [4.69, 9.17) is 10.5 Å². The first-order valence-electron chi connectivity index (χ1n) is 7.56. The number of ether oxygens (including phenoxy) is 1. The van der Waals surface area contributed by atoms with E-state index in [9.17, 15) is 18.2 Å². The second kappa shape index (κ2) is 6.79. The summed E-state index contributed by atoms with van der Waals surface area (Å²) in [6.45, 7) is 0.675. The van der Waals surface area contributed by atoms with E-state index in [0.717, 1.165) is 4.90 Å². The number of benzene rings is 1. The molecule has 2 aliphatic rings. The molecule has 1 aromatic rings. The Morgan fingerprint density at radius 1 is 1.48 bits per heavy atom. The number of hydrogen-bond acceptors (Lipinski definition) is 6. The maximum Gasteiger partial charge on any atom is 0.415 e. The number of primary amides is 1. The third-order valence-electron chi connectivity index (χ3n) is 4.10. The van der Waals surface area contributed by atoms with Crippen LogP contribution in [0.3, 0.4) is 0 Å². The predicted molar refractivity (Wildman–Crippen MR) is 91.8 cm³/mol. The molecule has 2 atom stereocenters. The average Bonchev–Trinajstić information content (AvgIpc) is 2.97. The van der Waals surface area contributed by atoms with Crippen molar-refractivity contribution in [1.29, 1.82) is 0 Å². The van der Waals surface area contributed by atoms with Crippen LogP contribution in [0.25, 0.3) is 0 Å². The Hall–Kier alpha value is -2.49. The molecule has 25 heavy (non-hydrogen) atoms. The van der Waals surface area contributed by atoms with E-state index < -0.39 is 34.7 Å². The molecule has 2 fully saturated rings. The van der Waals surface area contributed by atoms with Crippen LogP contribution < -0.4 is 15.5 Å². The Labute approximate surface area is 145 Å². The number of rotatable bonds is 3. The van der Waals surface area contributed by atoms with Crippen molar-refractivity contribution >= 4 is 39.2 Å². The number of anilines is 2. The summed E-state index contributed by atoms with van der Waals surface area (Å²) in [6, 6.07) is 4.31. The molecule has 10 heteroatoms. The molecular weight excluding hydrogens is 351 g/mol. The molecule has 134 valence electrons. The lowest BCUT2D eigenvalue weighted by atomic mass is 10.2. The van der Waals surface area contributed by atoms with Gasteiger partial charge in [-0.2, -0.15) is 0 Å². The predicted octanol–water partition coefficient (Wildman–Crippen LogP) is 0.233. The van der Waals surface area contributed by atoms with E-state index >= 15 is 0 Å². The topological polar surface area (TPSA) is 105 Å². The lowest BCUT2D eigenvalue weighted by Crippen LogP contribution is -2.41. The van der Waals surface area contributed by atoms with Crippen LogP contribution in [-0.2, 0) is 20.3 Å². The van der Waals surface area contributed by atoms with Gasteiger partial charge >= 0.3 is 6.09 Å². The molecule has 3 rings (SSSR count). The molecule has 0 saturated carbocycles. The first-order chi connectivity index (χ1) is 11.9. The minimum absolute atomic E-state index is 0.0533. The molecular formula is C15H17FN4O4S. The van der Waals surface area contributed by atoms with Crippen LogP contribution in [0.1, 0.15) is 0 Å². The largest absolute Gasteiger partial charge is 0.434 e. The SMILES string of the molecule is CN=C1CN(c2ccc(N3C[C@H](C(N)=O)OC3=O)cc2F)CCS1=O. The summed E-state index contributed by atoms with van der Waals surface area (Å²) < 4.78 is 31.2. The number of cyclic esters (lactones) is 1. The van der Waals surface area contributed by atoms with E-state index in [0.29, 0.717) is 23.0 Å². The number of amides is 2. The van der Waals surface area contributed by atoms with Crippen LogP contribution in [0.15, 0.2) is 23.2 Å². The molecule has 0 aliphatic carbocycles. The van der Waals surface area contributed by atoms with Gasteiger partial charge in [-0.05, 0) is 18.2 Å². The molecule has 0 radical (unpaired) electrons. The molecule has 1 unspecified atom stereocenters. The molecule has 2 amide bonds. The van der Waals surface area contributed by atoms with Gasteiger partial charge in [-0.25, -0.2) is 9.18 Å². The third kappa shape index (κ3) is 3.34. The second-order valence-electron chi connectivity index (χ2n) is 5.61. The minimum Gasteiger partial charge on any atom is -0.434 e. The van der Waals surface area contributed by atoms with E-state index in [2.05, 4.69) is 4.99 Å². The summed E-state index contributed by atoms with van der Waals surface area (Å²) in [5.41, 5.74) is 5.74. The zero-order valence-corrected chi connectivity index (χ0v) is 14.3. The van der Waals surface area contributed by atoms with Crippen LogP contribution in [0.2, 0.25) is 0 Å². The maximum atomic E-state index is 14.6. The zero-order chi connectivity index (χ0) is 18.1. The average molecular weight is 368 g/mol. The van der Waals surface area contributed by atoms with E-state index in [-0.39, 0.29) is 18.8 Å². The first kappa shape index (κ1) is 17.3. The number of nitrogens with two attached hydrogens (primary N) is 1. The summed E-state index contributed by atoms with van der Waals surface area (Å²) in [4.78, 5) is 29.9. The summed E-state index contributed by atoms with van der Waals surface area (Å²) in [6.07, 6.45) is -1.79. The van der Waals surface area contributed by atoms with Crippen molar-refractivity contribution in [1.82, 2.24) is 0 Å². The monoisotopic (exact) mass is 368 g/mol. The smallest absolute Gasteiger partial charge is 0.415 e. The van der Waals surface area contributed by atoms with Crippen molar-refractivity contribution in [3.8, 4) is 0 Å². The van der Waals surface area contributed by atoms with Crippen molar-refractivity contribution < 1.29 is 22.9 Å². The molecule has 0 spiro atoms. The maximum absolute atomic E-state index is 14.6. The highest BCUT2D eigenvalue weighted by molar-refractivity contribution is 8.00. The normalized spacial score (nSPS) is 25.4. The van der Waals surface area contributed by atoms with Gasteiger partial charge in [-0.1, -0.05) is 0 Å². The molecule has 8 nitrogen and oxygen atoms in total. The number of aliphatic imine (C=N–C) groups is 1. The van der Waals surface area contributed by atoms with Crippen molar-refractivity contribution in [3.63, 3.8) is 0 Å². The Balaban J connectivity index is 1.81. The van der Waals surface area contributed by atoms with Crippen LogP contribution >= 0.6 is 0 Å². The highest BCUT2D eigenvalue weighted by atomic mass is 32.2. The second-order valence-corrected chi connectivity index (χ2v) is 7.18. The van der Waals surface area contributed by atoms with Crippen molar-refractivity contribution in [3.05, 3.63) is 24.0 Å². The summed E-state index contributed by atoms with van der Waals surface area (Å²) in [5.74, 6) is -0.899. The molecule has 2 saturated heterocycles. The highest BCUT2D eigenvalue weighted by Crippen LogP contribution is 2.28. The molecule has 0 bridgehead atoms. The van der Waals surface area contributed by atoms with Gasteiger partial charge in [-0.15, -0.1) is 0 Å². The van der Waals surface area contributed by atoms with Crippen molar-refractivity contribution in [2.45, 2.75) is 6.10 Å². The fourth-order valence-electron chi connectivity index (χ4n) is 2.75. The lowest BCUT2D eigenvalue weighted by molar-refractivity contribution is -0.124. The van der Waals surface area contributed by atoms with Gasteiger partial charge in [-0.3, -0.25) is 18.9 Å². The fraction of sp³-hybridized carbons (Fsp3) is 0.400. The van der Waals surface area contributed by atoms with E-state index in [1.165, 1.54) is 12.1 Å². The van der Waals surface area contributed by atoms with Gasteiger partial charge in [0.15, 0.2) is 6.10 Å². The van der Waals surface area contributed by atoms with Crippen LogP contribution in [0.4, 0.5) is 20.6 Å². The fourth-order valence-corrected chi connectivity index (χ4v) is 3.87. The van der Waals surface area contributed by atoms with Gasteiger partial charge in [0.2, 0.25) is 0 Å². The minimum atomic E-state index is -1.13. The molecule has 2 heterocycles. The summed E-state index contributed by atoms with van der Waals surface area (Å²) in [7, 11) is 0.434. The first-order valence-corrected chi connectivity index (χ1v) is 8.88. The Morgan fingerprint density at radius 3 is 2.84 bits per heavy atom. The van der Waals surface area contributed by atoms with E-state index in [1.807, 2.05) is 0 Å². The number of carbonyl (C=O) groups is 2. The zero-order valence-electron chi connectivity index (χ0n) is 13.5.